The molecule has 3 rings (SSSR count). The fourth-order valence-electron chi connectivity index (χ4n) is 2.08. The van der Waals surface area contributed by atoms with E-state index in [1.807, 2.05) is 43.5 Å². The highest BCUT2D eigenvalue weighted by molar-refractivity contribution is 6.31. The lowest BCUT2D eigenvalue weighted by Gasteiger charge is -2.04. The molecule has 3 aromatic rings. The Morgan fingerprint density at radius 2 is 2.06 bits per heavy atom. The van der Waals surface area contributed by atoms with Crippen molar-refractivity contribution in [1.82, 2.24) is 4.40 Å². The fraction of sp³-hybridized carbons (Fsp3) is 0.0833. The second-order valence-electron chi connectivity index (χ2n) is 3.85. The largest absolute Gasteiger partial charge is 0.306 e. The van der Waals surface area contributed by atoms with Gasteiger partial charge in [0.25, 0.3) is 5.52 Å². The van der Waals surface area contributed by atoms with Gasteiger partial charge < -0.3 is 4.40 Å². The van der Waals surface area contributed by atoms with Gasteiger partial charge in [-0.25, -0.2) is 5.84 Å². The SMILES string of the molecule is Cc1c2cccn2c2cc(Cl)ccc2[n+]1N. The van der Waals surface area contributed by atoms with Crippen LogP contribution in [0, 0.1) is 6.92 Å². The summed E-state index contributed by atoms with van der Waals surface area (Å²) in [4.78, 5) is 0. The highest BCUT2D eigenvalue weighted by atomic mass is 35.5. The first-order chi connectivity index (χ1) is 7.68. The Bertz CT molecular complexity index is 700. The van der Waals surface area contributed by atoms with Crippen molar-refractivity contribution < 1.29 is 4.68 Å². The molecule has 0 saturated heterocycles. The number of hydrogen-bond acceptors (Lipinski definition) is 1. The van der Waals surface area contributed by atoms with Crippen molar-refractivity contribution in [3.63, 3.8) is 0 Å². The van der Waals surface area contributed by atoms with Gasteiger partial charge >= 0.3 is 0 Å². The van der Waals surface area contributed by atoms with Gasteiger partial charge in [-0.05, 0) is 24.3 Å². The lowest BCUT2D eigenvalue weighted by atomic mass is 10.2. The molecule has 16 heavy (non-hydrogen) atoms. The third kappa shape index (κ3) is 1.12. The van der Waals surface area contributed by atoms with E-state index < -0.39 is 0 Å². The number of rotatable bonds is 0. The minimum atomic E-state index is 0.714. The van der Waals surface area contributed by atoms with Gasteiger partial charge in [-0.2, -0.15) is 0 Å². The van der Waals surface area contributed by atoms with E-state index in [1.54, 1.807) is 4.68 Å². The quantitative estimate of drug-likeness (QED) is 0.467. The molecule has 0 fully saturated rings. The molecular formula is C12H11ClN3+. The van der Waals surface area contributed by atoms with E-state index in [0.29, 0.717) is 5.02 Å². The topological polar surface area (TPSA) is 34.3 Å². The molecule has 0 bridgehead atoms. The van der Waals surface area contributed by atoms with Crippen LogP contribution in [-0.4, -0.2) is 4.40 Å². The average Bonchev–Trinajstić information content (AvgIpc) is 2.75. The number of benzene rings is 1. The Hall–Kier alpha value is -1.74. The second kappa shape index (κ2) is 3.12. The van der Waals surface area contributed by atoms with Gasteiger partial charge in [0.2, 0.25) is 5.69 Å². The van der Waals surface area contributed by atoms with Crippen LogP contribution in [0.2, 0.25) is 5.02 Å². The molecule has 4 heteroatoms. The summed E-state index contributed by atoms with van der Waals surface area (Å²) in [5, 5.41) is 0.714. The molecule has 2 aromatic heterocycles. The first-order valence-electron chi connectivity index (χ1n) is 5.04. The summed E-state index contributed by atoms with van der Waals surface area (Å²) < 4.78 is 3.79. The fourth-order valence-corrected chi connectivity index (χ4v) is 2.25. The minimum absolute atomic E-state index is 0.714. The molecule has 0 spiro atoms. The van der Waals surface area contributed by atoms with Crippen LogP contribution in [0.15, 0.2) is 36.5 Å². The molecule has 2 heterocycles. The van der Waals surface area contributed by atoms with Gasteiger partial charge in [0.05, 0.1) is 0 Å². The molecule has 0 aliphatic heterocycles. The van der Waals surface area contributed by atoms with Crippen LogP contribution in [0.5, 0.6) is 0 Å². The molecule has 0 aliphatic rings. The third-order valence-corrected chi connectivity index (χ3v) is 3.17. The van der Waals surface area contributed by atoms with E-state index >= 15 is 0 Å². The summed E-state index contributed by atoms with van der Waals surface area (Å²) in [6, 6.07) is 9.75. The molecule has 0 amide bonds. The maximum absolute atomic E-state index is 6.05. The number of aromatic nitrogens is 2. The summed E-state index contributed by atoms with van der Waals surface area (Å²) in [5.74, 6) is 6.05. The lowest BCUT2D eigenvalue weighted by molar-refractivity contribution is -0.617. The lowest BCUT2D eigenvalue weighted by Crippen LogP contribution is -2.48. The van der Waals surface area contributed by atoms with Gasteiger partial charge in [-0.1, -0.05) is 16.3 Å². The number of hydrogen-bond donors (Lipinski definition) is 1. The maximum Gasteiger partial charge on any atom is 0.259 e. The molecular weight excluding hydrogens is 222 g/mol. The smallest absolute Gasteiger partial charge is 0.259 e. The molecule has 0 radical (unpaired) electrons. The highest BCUT2D eigenvalue weighted by Crippen LogP contribution is 2.19. The Kier molecular flexibility index (Phi) is 1.85. The first kappa shape index (κ1) is 9.48. The van der Waals surface area contributed by atoms with Crippen molar-refractivity contribution in [2.24, 2.45) is 0 Å². The van der Waals surface area contributed by atoms with Crippen LogP contribution in [0.4, 0.5) is 0 Å². The van der Waals surface area contributed by atoms with Crippen LogP contribution in [0.1, 0.15) is 5.69 Å². The van der Waals surface area contributed by atoms with Gasteiger partial charge in [-0.15, -0.1) is 0 Å². The van der Waals surface area contributed by atoms with E-state index in [-0.39, 0.29) is 0 Å². The maximum atomic E-state index is 6.05. The van der Waals surface area contributed by atoms with Crippen LogP contribution in [0.3, 0.4) is 0 Å². The Labute approximate surface area is 97.6 Å². The van der Waals surface area contributed by atoms with E-state index in [4.69, 9.17) is 17.4 Å². The van der Waals surface area contributed by atoms with Gasteiger partial charge in [0.1, 0.15) is 11.0 Å². The molecule has 0 aliphatic carbocycles. The molecule has 3 nitrogen and oxygen atoms in total. The van der Waals surface area contributed by atoms with Crippen molar-refractivity contribution in [3.8, 4) is 0 Å². The number of halogens is 1. The van der Waals surface area contributed by atoms with Gasteiger partial charge in [0, 0.05) is 24.2 Å². The summed E-state index contributed by atoms with van der Waals surface area (Å²) >= 11 is 6.01. The van der Waals surface area contributed by atoms with Crippen LogP contribution in [0.25, 0.3) is 16.6 Å². The zero-order valence-corrected chi connectivity index (χ0v) is 9.57. The number of nitrogens with two attached hydrogens (primary N) is 1. The molecule has 1 aromatic carbocycles. The monoisotopic (exact) mass is 232 g/mol. The third-order valence-electron chi connectivity index (χ3n) is 2.94. The van der Waals surface area contributed by atoms with E-state index in [0.717, 1.165) is 22.2 Å². The van der Waals surface area contributed by atoms with Crippen molar-refractivity contribution in [1.29, 1.82) is 0 Å². The van der Waals surface area contributed by atoms with Crippen molar-refractivity contribution in [2.45, 2.75) is 6.92 Å². The Morgan fingerprint density at radius 3 is 2.88 bits per heavy atom. The van der Waals surface area contributed by atoms with E-state index in [2.05, 4.69) is 4.40 Å². The van der Waals surface area contributed by atoms with Gasteiger partial charge in [0.15, 0.2) is 0 Å². The standard InChI is InChI=1S/C12H11ClN3/c1-8-10-3-2-6-15(10)12-7-9(13)4-5-11(12)16(8)14/h2-7H,14H2,1H3/q+1. The molecule has 0 atom stereocenters. The summed E-state index contributed by atoms with van der Waals surface area (Å²) in [6.45, 7) is 2.00. The van der Waals surface area contributed by atoms with Gasteiger partial charge in [-0.3, -0.25) is 0 Å². The van der Waals surface area contributed by atoms with E-state index in [1.165, 1.54) is 0 Å². The minimum Gasteiger partial charge on any atom is -0.306 e. The molecule has 2 N–H and O–H groups in total. The number of nitrogens with zero attached hydrogens (tertiary/aromatic N) is 2. The highest BCUT2D eigenvalue weighted by Gasteiger charge is 2.16. The summed E-state index contributed by atoms with van der Waals surface area (Å²) in [6.07, 6.45) is 2.01. The Morgan fingerprint density at radius 1 is 1.25 bits per heavy atom. The average molecular weight is 233 g/mol. The normalized spacial score (nSPS) is 11.4. The van der Waals surface area contributed by atoms with Crippen molar-refractivity contribution >= 4 is 28.2 Å². The van der Waals surface area contributed by atoms with Crippen molar-refractivity contribution in [2.75, 3.05) is 5.84 Å². The molecule has 80 valence electrons. The Balaban J connectivity index is 2.66. The zero-order valence-electron chi connectivity index (χ0n) is 8.81. The zero-order chi connectivity index (χ0) is 11.3. The van der Waals surface area contributed by atoms with Crippen molar-refractivity contribution in [3.05, 3.63) is 47.2 Å². The number of nitrogen functional groups attached to an aromatic ring is 1. The van der Waals surface area contributed by atoms with Crippen LogP contribution in [-0.2, 0) is 0 Å². The predicted molar refractivity (Wildman–Crippen MR) is 65.0 cm³/mol. The second-order valence-corrected chi connectivity index (χ2v) is 4.29. The molecule has 0 saturated carbocycles. The van der Waals surface area contributed by atoms with Crippen LogP contribution >= 0.6 is 11.6 Å². The number of aryl methyl sites for hydroxylation is 1. The summed E-state index contributed by atoms with van der Waals surface area (Å²) in [5.41, 5.74) is 4.10. The van der Waals surface area contributed by atoms with Crippen LogP contribution < -0.4 is 10.5 Å². The van der Waals surface area contributed by atoms with E-state index in [9.17, 15) is 0 Å². The number of fused-ring (bicyclic) bond motifs is 3. The molecule has 0 unspecified atom stereocenters. The summed E-state index contributed by atoms with van der Waals surface area (Å²) in [7, 11) is 0. The predicted octanol–water partition coefficient (Wildman–Crippen LogP) is 2.06. The first-order valence-corrected chi connectivity index (χ1v) is 5.42.